The molecule has 0 aromatic heterocycles. The van der Waals surface area contributed by atoms with Crippen molar-refractivity contribution in [2.24, 2.45) is 11.3 Å². The lowest BCUT2D eigenvalue weighted by atomic mass is 9.71. The monoisotopic (exact) mass is 268 g/mol. The van der Waals surface area contributed by atoms with E-state index < -0.39 is 0 Å². The molecule has 1 aliphatic heterocycles. The molecule has 1 saturated carbocycles. The number of ether oxygens (including phenoxy) is 1. The molecule has 3 nitrogen and oxygen atoms in total. The van der Waals surface area contributed by atoms with Gasteiger partial charge in [0.15, 0.2) is 6.54 Å². The van der Waals surface area contributed by atoms with Gasteiger partial charge in [0.05, 0.1) is 13.1 Å². The van der Waals surface area contributed by atoms with E-state index in [1.54, 1.807) is 0 Å². The van der Waals surface area contributed by atoms with Crippen LogP contribution in [-0.2, 0) is 9.53 Å². The second-order valence-corrected chi connectivity index (χ2v) is 7.51. The minimum atomic E-state index is 0.0202. The van der Waals surface area contributed by atoms with E-state index in [1.165, 1.54) is 30.6 Å². The fraction of sp³-hybridized carbons (Fsp3) is 0.938. The molecule has 0 unspecified atom stereocenters. The van der Waals surface area contributed by atoms with Gasteiger partial charge in [-0.15, -0.1) is 0 Å². The van der Waals surface area contributed by atoms with Crippen molar-refractivity contribution in [1.82, 2.24) is 0 Å². The van der Waals surface area contributed by atoms with Crippen LogP contribution in [0.15, 0.2) is 0 Å². The average Bonchev–Trinajstić information content (AvgIpc) is 2.26. The molecule has 0 aromatic rings. The van der Waals surface area contributed by atoms with Crippen molar-refractivity contribution in [3.8, 4) is 0 Å². The van der Waals surface area contributed by atoms with Crippen LogP contribution in [0.1, 0.15) is 59.3 Å². The summed E-state index contributed by atoms with van der Waals surface area (Å²) < 4.78 is 5.74. The van der Waals surface area contributed by atoms with Crippen molar-refractivity contribution in [1.29, 1.82) is 0 Å². The van der Waals surface area contributed by atoms with Gasteiger partial charge in [0, 0.05) is 0 Å². The van der Waals surface area contributed by atoms with Gasteiger partial charge in [-0.25, -0.2) is 4.79 Å². The Balaban J connectivity index is 1.78. The Morgan fingerprint density at radius 1 is 1.21 bits per heavy atom. The molecule has 2 fully saturated rings. The number of likely N-dealkylation sites (tertiary alicyclic amines) is 1. The maximum atomic E-state index is 12.1. The lowest BCUT2D eigenvalue weighted by molar-refractivity contribution is -0.897. The molecule has 1 heterocycles. The topological polar surface area (TPSA) is 30.7 Å². The number of esters is 1. The van der Waals surface area contributed by atoms with Crippen LogP contribution >= 0.6 is 0 Å². The third-order valence-corrected chi connectivity index (χ3v) is 4.60. The van der Waals surface area contributed by atoms with Crippen molar-refractivity contribution >= 4 is 5.97 Å². The highest BCUT2D eigenvalue weighted by molar-refractivity contribution is 5.70. The molecule has 0 amide bonds. The number of carbonyl (C=O) groups is 1. The second kappa shape index (κ2) is 6.25. The van der Waals surface area contributed by atoms with Gasteiger partial charge in [-0.3, -0.25) is 0 Å². The van der Waals surface area contributed by atoms with E-state index in [1.807, 2.05) is 0 Å². The maximum Gasteiger partial charge on any atom is 0.361 e. The molecule has 19 heavy (non-hydrogen) atoms. The first-order valence-corrected chi connectivity index (χ1v) is 7.98. The van der Waals surface area contributed by atoms with E-state index >= 15 is 0 Å². The Morgan fingerprint density at radius 3 is 2.53 bits per heavy atom. The smallest absolute Gasteiger partial charge is 0.361 e. The van der Waals surface area contributed by atoms with E-state index in [9.17, 15) is 4.79 Å². The summed E-state index contributed by atoms with van der Waals surface area (Å²) in [6, 6.07) is 0. The Kier molecular flexibility index (Phi) is 4.88. The Labute approximate surface area is 117 Å². The molecule has 2 rings (SSSR count). The molecule has 1 aliphatic carbocycles. The van der Waals surface area contributed by atoms with E-state index in [0.717, 1.165) is 25.9 Å². The van der Waals surface area contributed by atoms with Crippen LogP contribution in [0.2, 0.25) is 0 Å². The van der Waals surface area contributed by atoms with Crippen LogP contribution in [-0.4, -0.2) is 31.7 Å². The summed E-state index contributed by atoms with van der Waals surface area (Å²) in [4.78, 5) is 13.5. The number of rotatable bonds is 3. The summed E-state index contributed by atoms with van der Waals surface area (Å²) in [5, 5.41) is 0. The standard InChI is InChI=1S/C16H29NO2/c1-13-9-14(11-16(2,3)10-13)19-15(18)12-17-7-5-4-6-8-17/h13-14H,4-12H2,1-3H3/p+1/t13-,14+/m0/s1. The molecule has 1 N–H and O–H groups in total. The Bertz CT molecular complexity index is 308. The van der Waals surface area contributed by atoms with Crippen LogP contribution in [0.3, 0.4) is 0 Å². The first-order valence-electron chi connectivity index (χ1n) is 7.98. The molecule has 2 aliphatic rings. The normalized spacial score (nSPS) is 31.9. The summed E-state index contributed by atoms with van der Waals surface area (Å²) in [7, 11) is 0. The molecular formula is C16H30NO2+. The zero-order chi connectivity index (χ0) is 13.9. The number of piperidine rings is 1. The SMILES string of the molecule is C[C@H]1C[C@@H](OC(=O)C[NH+]2CCCCC2)CC(C)(C)C1. The molecule has 0 radical (unpaired) electrons. The van der Waals surface area contributed by atoms with Crippen molar-refractivity contribution in [2.45, 2.75) is 65.4 Å². The van der Waals surface area contributed by atoms with Crippen molar-refractivity contribution in [2.75, 3.05) is 19.6 Å². The summed E-state index contributed by atoms with van der Waals surface area (Å²) in [5.41, 5.74) is 0.320. The van der Waals surface area contributed by atoms with Crippen molar-refractivity contribution in [3.05, 3.63) is 0 Å². The van der Waals surface area contributed by atoms with Gasteiger partial charge in [0.1, 0.15) is 6.10 Å². The van der Waals surface area contributed by atoms with Crippen molar-refractivity contribution < 1.29 is 14.4 Å². The molecule has 0 spiro atoms. The van der Waals surface area contributed by atoms with Crippen LogP contribution in [0.4, 0.5) is 0 Å². The highest BCUT2D eigenvalue weighted by Gasteiger charge is 2.34. The third kappa shape index (κ3) is 4.79. The number of nitrogens with one attached hydrogen (secondary N) is 1. The summed E-state index contributed by atoms with van der Waals surface area (Å²) in [5.74, 6) is 0.690. The predicted octanol–water partition coefficient (Wildman–Crippen LogP) is 1.81. The largest absolute Gasteiger partial charge is 0.458 e. The minimum absolute atomic E-state index is 0.0202. The number of hydrogen-bond donors (Lipinski definition) is 1. The maximum absolute atomic E-state index is 12.1. The van der Waals surface area contributed by atoms with Crippen LogP contribution in [0.5, 0.6) is 0 Å². The van der Waals surface area contributed by atoms with Gasteiger partial charge in [-0.2, -0.15) is 0 Å². The van der Waals surface area contributed by atoms with Crippen LogP contribution in [0, 0.1) is 11.3 Å². The van der Waals surface area contributed by atoms with Gasteiger partial charge in [0.25, 0.3) is 0 Å². The molecule has 0 aromatic carbocycles. The highest BCUT2D eigenvalue weighted by atomic mass is 16.5. The number of quaternary nitrogens is 1. The summed E-state index contributed by atoms with van der Waals surface area (Å²) in [6.45, 7) is 9.71. The van der Waals surface area contributed by atoms with E-state index in [-0.39, 0.29) is 12.1 Å². The zero-order valence-electron chi connectivity index (χ0n) is 12.8. The van der Waals surface area contributed by atoms with Crippen LogP contribution < -0.4 is 4.90 Å². The summed E-state index contributed by atoms with van der Waals surface area (Å²) >= 11 is 0. The van der Waals surface area contributed by atoms with E-state index in [2.05, 4.69) is 20.8 Å². The fourth-order valence-corrected chi connectivity index (χ4v) is 4.01. The molecule has 0 bridgehead atoms. The zero-order valence-corrected chi connectivity index (χ0v) is 12.8. The minimum Gasteiger partial charge on any atom is -0.458 e. The fourth-order valence-electron chi connectivity index (χ4n) is 4.01. The molecule has 3 heteroatoms. The van der Waals surface area contributed by atoms with Gasteiger partial charge >= 0.3 is 5.97 Å². The molecular weight excluding hydrogens is 238 g/mol. The number of carbonyl (C=O) groups excluding carboxylic acids is 1. The van der Waals surface area contributed by atoms with Gasteiger partial charge in [-0.1, -0.05) is 20.8 Å². The van der Waals surface area contributed by atoms with E-state index in [4.69, 9.17) is 4.74 Å². The Morgan fingerprint density at radius 2 is 1.89 bits per heavy atom. The van der Waals surface area contributed by atoms with Crippen molar-refractivity contribution in [3.63, 3.8) is 0 Å². The lowest BCUT2D eigenvalue weighted by Gasteiger charge is -2.38. The quantitative estimate of drug-likeness (QED) is 0.792. The highest BCUT2D eigenvalue weighted by Crippen LogP contribution is 2.39. The van der Waals surface area contributed by atoms with Gasteiger partial charge < -0.3 is 9.64 Å². The summed E-state index contributed by atoms with van der Waals surface area (Å²) in [6.07, 6.45) is 7.32. The Hall–Kier alpha value is -0.570. The van der Waals surface area contributed by atoms with Crippen LogP contribution in [0.25, 0.3) is 0 Å². The van der Waals surface area contributed by atoms with Gasteiger partial charge in [-0.05, 0) is 49.9 Å². The molecule has 110 valence electrons. The molecule has 2 atom stereocenters. The van der Waals surface area contributed by atoms with E-state index in [0.29, 0.717) is 17.9 Å². The van der Waals surface area contributed by atoms with Gasteiger partial charge in [0.2, 0.25) is 0 Å². The first-order chi connectivity index (χ1) is 8.94. The lowest BCUT2D eigenvalue weighted by Crippen LogP contribution is -3.13. The second-order valence-electron chi connectivity index (χ2n) is 7.51. The number of hydrogen-bond acceptors (Lipinski definition) is 2. The first kappa shape index (κ1) is 14.8. The predicted molar refractivity (Wildman–Crippen MR) is 76.1 cm³/mol. The third-order valence-electron chi connectivity index (χ3n) is 4.60. The molecule has 1 saturated heterocycles. The average molecular weight is 268 g/mol.